The van der Waals surface area contributed by atoms with Crippen LogP contribution in [0.1, 0.15) is 30.4 Å². The van der Waals surface area contributed by atoms with Crippen molar-refractivity contribution >= 4 is 28.9 Å². The van der Waals surface area contributed by atoms with Crippen LogP contribution < -0.4 is 10.6 Å². The molecule has 4 rings (SSSR count). The first-order valence-corrected chi connectivity index (χ1v) is 10.0. The maximum Gasteiger partial charge on any atom is 0.255 e. The summed E-state index contributed by atoms with van der Waals surface area (Å²) in [4.78, 5) is 39.4. The summed E-state index contributed by atoms with van der Waals surface area (Å²) in [6.45, 7) is 1.69. The fraction of sp³-hybridized carbons (Fsp3) is 0.409. The number of carbonyl (C=O) groups excluding carboxylic acids is 3. The largest absolute Gasteiger partial charge is 0.508 e. The Morgan fingerprint density at radius 2 is 1.81 bits per heavy atom. The molecule has 0 aromatic heterocycles. The molecule has 0 aliphatic heterocycles. The maximum absolute atomic E-state index is 13.5. The summed E-state index contributed by atoms with van der Waals surface area (Å²) in [5.41, 5.74) is 2.11. The molecule has 1 aromatic carbocycles. The Balaban J connectivity index is 2.04. The number of aliphatic hydroxyl groups is 4. The second-order valence-corrected chi connectivity index (χ2v) is 8.77. The molecule has 170 valence electrons. The number of benzene rings is 1. The number of aliphatic hydroxyl groups excluding tert-OH is 3. The molecule has 10 nitrogen and oxygen atoms in total. The molecule has 32 heavy (non-hydrogen) atoms. The SMILES string of the molecule is C[C@H]1c2c(N(C)C)ccc(O)c2C(O)=C2C(=O)[C@]3(O)C(O)=C(C(N)=O)C(=O)C[C@@H]3[C@@H](O)[C@@H]21. The molecule has 0 heterocycles. The van der Waals surface area contributed by atoms with Gasteiger partial charge in [0.05, 0.1) is 11.7 Å². The number of fused-ring (bicyclic) bond motifs is 3. The molecular formula is C22H24N2O8. The van der Waals surface area contributed by atoms with Crippen molar-refractivity contribution in [3.05, 3.63) is 40.2 Å². The predicted octanol–water partition coefficient (Wildman–Crippen LogP) is 0.0217. The summed E-state index contributed by atoms with van der Waals surface area (Å²) in [6, 6.07) is 2.98. The molecule has 1 saturated carbocycles. The zero-order valence-corrected chi connectivity index (χ0v) is 17.7. The number of rotatable bonds is 2. The van der Waals surface area contributed by atoms with Crippen molar-refractivity contribution in [2.75, 3.05) is 19.0 Å². The van der Waals surface area contributed by atoms with Gasteiger partial charge in [-0.05, 0) is 23.6 Å². The predicted molar refractivity (Wildman–Crippen MR) is 112 cm³/mol. The number of hydrogen-bond donors (Lipinski definition) is 6. The number of phenols is 1. The molecule has 1 amide bonds. The van der Waals surface area contributed by atoms with Gasteiger partial charge < -0.3 is 36.2 Å². The zero-order valence-electron chi connectivity index (χ0n) is 17.7. The monoisotopic (exact) mass is 444 g/mol. The van der Waals surface area contributed by atoms with Crippen LogP contribution in [-0.4, -0.2) is 68.8 Å². The quantitative estimate of drug-likeness (QED) is 0.343. The lowest BCUT2D eigenvalue weighted by molar-refractivity contribution is -0.160. The van der Waals surface area contributed by atoms with Crippen LogP contribution in [0.25, 0.3) is 5.76 Å². The lowest BCUT2D eigenvalue weighted by atomic mass is 9.55. The highest BCUT2D eigenvalue weighted by Gasteiger charge is 2.65. The number of ketones is 2. The van der Waals surface area contributed by atoms with Gasteiger partial charge >= 0.3 is 0 Å². The molecule has 0 radical (unpaired) electrons. The summed E-state index contributed by atoms with van der Waals surface area (Å²) in [6.07, 6.45) is -2.15. The van der Waals surface area contributed by atoms with Crippen molar-refractivity contribution in [1.82, 2.24) is 0 Å². The second kappa shape index (κ2) is 6.81. The average molecular weight is 444 g/mol. The summed E-state index contributed by atoms with van der Waals surface area (Å²) >= 11 is 0. The summed E-state index contributed by atoms with van der Waals surface area (Å²) in [7, 11) is 3.51. The molecule has 5 atom stereocenters. The number of Topliss-reactive ketones (excluding diaryl/α,β-unsaturated/α-hetero) is 2. The van der Waals surface area contributed by atoms with Gasteiger partial charge in [-0.2, -0.15) is 0 Å². The van der Waals surface area contributed by atoms with E-state index < -0.39 is 76.0 Å². The van der Waals surface area contributed by atoms with Crippen LogP contribution >= 0.6 is 0 Å². The molecule has 0 saturated heterocycles. The van der Waals surface area contributed by atoms with E-state index in [0.717, 1.165) is 0 Å². The second-order valence-electron chi connectivity index (χ2n) is 8.77. The van der Waals surface area contributed by atoms with Crippen molar-refractivity contribution in [2.45, 2.75) is 31.0 Å². The van der Waals surface area contributed by atoms with Crippen LogP contribution in [0.3, 0.4) is 0 Å². The molecule has 7 N–H and O–H groups in total. The van der Waals surface area contributed by atoms with E-state index in [-0.39, 0.29) is 11.3 Å². The van der Waals surface area contributed by atoms with E-state index in [1.807, 2.05) is 0 Å². The van der Waals surface area contributed by atoms with Crippen LogP contribution in [0.4, 0.5) is 5.69 Å². The highest BCUT2D eigenvalue weighted by atomic mass is 16.4. The summed E-state index contributed by atoms with van der Waals surface area (Å²) in [5, 5.41) is 54.6. The molecule has 1 fully saturated rings. The third-order valence-corrected chi connectivity index (χ3v) is 6.94. The fourth-order valence-corrected chi connectivity index (χ4v) is 5.45. The number of phenolic OH excluding ortho intramolecular Hbond substituents is 1. The number of hydrogen-bond acceptors (Lipinski definition) is 9. The maximum atomic E-state index is 13.5. The Morgan fingerprint density at radius 1 is 1.19 bits per heavy atom. The molecule has 3 aliphatic carbocycles. The zero-order chi connectivity index (χ0) is 23.9. The molecule has 3 aliphatic rings. The first kappa shape index (κ1) is 21.8. The van der Waals surface area contributed by atoms with Gasteiger partial charge in [0, 0.05) is 43.6 Å². The molecule has 1 aromatic rings. The van der Waals surface area contributed by atoms with Crippen LogP contribution in [0, 0.1) is 11.8 Å². The minimum atomic E-state index is -2.83. The van der Waals surface area contributed by atoms with E-state index in [0.29, 0.717) is 11.3 Å². The van der Waals surface area contributed by atoms with E-state index in [9.17, 15) is 39.9 Å². The van der Waals surface area contributed by atoms with Crippen molar-refractivity contribution in [3.63, 3.8) is 0 Å². The number of nitrogens with two attached hydrogens (primary N) is 1. The van der Waals surface area contributed by atoms with Gasteiger partial charge in [0.2, 0.25) is 5.78 Å². The number of anilines is 1. The van der Waals surface area contributed by atoms with Crippen molar-refractivity contribution < 1.29 is 39.9 Å². The number of primary amides is 1. The van der Waals surface area contributed by atoms with Gasteiger partial charge in [0.1, 0.15) is 22.8 Å². The van der Waals surface area contributed by atoms with Crippen molar-refractivity contribution in [1.29, 1.82) is 0 Å². The van der Waals surface area contributed by atoms with Crippen LogP contribution in [0.2, 0.25) is 0 Å². The van der Waals surface area contributed by atoms with Crippen LogP contribution in [0.5, 0.6) is 5.75 Å². The lowest BCUT2D eigenvalue weighted by Crippen LogP contribution is -2.64. The number of nitrogens with zero attached hydrogens (tertiary/aromatic N) is 1. The smallest absolute Gasteiger partial charge is 0.255 e. The molecule has 10 heteroatoms. The van der Waals surface area contributed by atoms with Gasteiger partial charge in [-0.15, -0.1) is 0 Å². The molecule has 0 unspecified atom stereocenters. The minimum absolute atomic E-state index is 0.0250. The summed E-state index contributed by atoms with van der Waals surface area (Å²) < 4.78 is 0. The molecule has 0 spiro atoms. The van der Waals surface area contributed by atoms with Gasteiger partial charge in [0.25, 0.3) is 5.91 Å². The van der Waals surface area contributed by atoms with E-state index in [2.05, 4.69) is 0 Å². The van der Waals surface area contributed by atoms with Gasteiger partial charge in [-0.1, -0.05) is 6.92 Å². The highest BCUT2D eigenvalue weighted by molar-refractivity contribution is 6.23. The fourth-order valence-electron chi connectivity index (χ4n) is 5.45. The first-order chi connectivity index (χ1) is 14.8. The van der Waals surface area contributed by atoms with Gasteiger partial charge in [-0.25, -0.2) is 0 Å². The molecular weight excluding hydrogens is 420 g/mol. The third-order valence-electron chi connectivity index (χ3n) is 6.94. The van der Waals surface area contributed by atoms with Crippen molar-refractivity contribution in [3.8, 4) is 5.75 Å². The van der Waals surface area contributed by atoms with E-state index in [1.54, 1.807) is 32.0 Å². The van der Waals surface area contributed by atoms with Crippen LogP contribution in [-0.2, 0) is 14.4 Å². The average Bonchev–Trinajstić information content (AvgIpc) is 2.70. The van der Waals surface area contributed by atoms with Gasteiger partial charge in [-0.3, -0.25) is 14.4 Å². The van der Waals surface area contributed by atoms with Crippen molar-refractivity contribution in [2.24, 2.45) is 17.6 Å². The van der Waals surface area contributed by atoms with E-state index in [4.69, 9.17) is 5.73 Å². The van der Waals surface area contributed by atoms with Crippen LogP contribution in [0.15, 0.2) is 29.0 Å². The number of amides is 1. The van der Waals surface area contributed by atoms with Gasteiger partial charge in [0.15, 0.2) is 11.4 Å². The Bertz CT molecular complexity index is 1150. The van der Waals surface area contributed by atoms with E-state index >= 15 is 0 Å². The topological polar surface area (TPSA) is 182 Å². The first-order valence-electron chi connectivity index (χ1n) is 10.0. The molecule has 0 bridgehead atoms. The minimum Gasteiger partial charge on any atom is -0.508 e. The Kier molecular flexibility index (Phi) is 4.65. The van der Waals surface area contributed by atoms with E-state index in [1.165, 1.54) is 6.07 Å². The Labute approximate surface area is 182 Å². The number of carbonyl (C=O) groups is 3. The Morgan fingerprint density at radius 3 is 2.38 bits per heavy atom. The normalized spacial score (nSPS) is 31.8. The highest BCUT2D eigenvalue weighted by Crippen LogP contribution is 2.56. The lowest BCUT2D eigenvalue weighted by Gasteiger charge is -2.50. The number of aromatic hydroxyl groups is 1. The summed E-state index contributed by atoms with van der Waals surface area (Å²) in [5.74, 6) is -8.71. The standard InChI is InChI=1S/C22H24N2O8/c1-7-12-9(24(2)3)4-5-10(25)14(12)18(28)16-13(7)17(27)8-6-11(26)15(21(23)31)19(29)22(8,32)20(16)30/h4-5,7-8,13,17,25,27-29,32H,6H2,1-3H3,(H2,23,31)/t7-,8+,13+,17+,22+/m0/s1. The third kappa shape index (κ3) is 2.50. The Hall–Kier alpha value is -3.37.